The minimum atomic E-state index is -0.411. The van der Waals surface area contributed by atoms with Gasteiger partial charge in [-0.2, -0.15) is 0 Å². The molecule has 1 amide bonds. The Kier molecular flexibility index (Phi) is 5.78. The van der Waals surface area contributed by atoms with E-state index in [0.717, 1.165) is 4.88 Å². The smallest absolute Gasteiger partial charge is 0.251 e. The van der Waals surface area contributed by atoms with Crippen LogP contribution in [0.15, 0.2) is 41.8 Å². The molecule has 2 rings (SSSR count). The molecule has 1 aromatic carbocycles. The van der Waals surface area contributed by atoms with Gasteiger partial charge in [-0.05, 0) is 43.0 Å². The average molecular weight is 305 g/mol. The molecule has 0 spiro atoms. The minimum Gasteiger partial charge on any atom is -0.488 e. The predicted molar refractivity (Wildman–Crippen MR) is 83.7 cm³/mol. The first kappa shape index (κ1) is 15.5. The zero-order chi connectivity index (χ0) is 15.1. The number of hydrogen-bond acceptors (Lipinski definition) is 4. The fourth-order valence-corrected chi connectivity index (χ4v) is 2.39. The van der Waals surface area contributed by atoms with Crippen molar-refractivity contribution in [3.05, 3.63) is 52.2 Å². The molecule has 21 heavy (non-hydrogen) atoms. The van der Waals surface area contributed by atoms with Crippen LogP contribution in [0.4, 0.5) is 0 Å². The van der Waals surface area contributed by atoms with Gasteiger partial charge in [0.25, 0.3) is 5.91 Å². The summed E-state index contributed by atoms with van der Waals surface area (Å²) in [5, 5.41) is 13.9. The second-order valence-electron chi connectivity index (χ2n) is 4.79. The monoisotopic (exact) mass is 305 g/mol. The van der Waals surface area contributed by atoms with Crippen LogP contribution in [-0.4, -0.2) is 23.7 Å². The van der Waals surface area contributed by atoms with Crippen LogP contribution in [0.25, 0.3) is 0 Å². The maximum Gasteiger partial charge on any atom is 0.251 e. The van der Waals surface area contributed by atoms with Gasteiger partial charge >= 0.3 is 0 Å². The SMILES string of the molecule is CC(O)CCNC(=O)c1cccc(OCc2cccs2)c1. The molecule has 0 fully saturated rings. The highest BCUT2D eigenvalue weighted by Crippen LogP contribution is 2.17. The Morgan fingerprint density at radius 3 is 2.95 bits per heavy atom. The molecule has 0 radical (unpaired) electrons. The third kappa shape index (κ3) is 5.21. The minimum absolute atomic E-state index is 0.155. The number of rotatable bonds is 7. The second-order valence-corrected chi connectivity index (χ2v) is 5.82. The first-order valence-corrected chi connectivity index (χ1v) is 7.74. The maximum absolute atomic E-state index is 12.0. The highest BCUT2D eigenvalue weighted by molar-refractivity contribution is 7.09. The largest absolute Gasteiger partial charge is 0.488 e. The van der Waals surface area contributed by atoms with E-state index in [4.69, 9.17) is 4.74 Å². The molecule has 1 atom stereocenters. The fourth-order valence-electron chi connectivity index (χ4n) is 1.77. The number of hydrogen-bond donors (Lipinski definition) is 2. The van der Waals surface area contributed by atoms with Gasteiger partial charge in [0.05, 0.1) is 6.10 Å². The van der Waals surface area contributed by atoms with E-state index in [0.29, 0.717) is 30.9 Å². The van der Waals surface area contributed by atoms with E-state index in [1.165, 1.54) is 0 Å². The summed E-state index contributed by atoms with van der Waals surface area (Å²) in [6.45, 7) is 2.66. The summed E-state index contributed by atoms with van der Waals surface area (Å²) in [4.78, 5) is 13.1. The van der Waals surface area contributed by atoms with Gasteiger partial charge in [-0.15, -0.1) is 11.3 Å². The van der Waals surface area contributed by atoms with Crippen LogP contribution in [0.2, 0.25) is 0 Å². The Morgan fingerprint density at radius 2 is 2.24 bits per heavy atom. The topological polar surface area (TPSA) is 58.6 Å². The third-order valence-corrected chi connectivity index (χ3v) is 3.75. The van der Waals surface area contributed by atoms with Gasteiger partial charge in [0, 0.05) is 17.0 Å². The lowest BCUT2D eigenvalue weighted by Crippen LogP contribution is -2.26. The van der Waals surface area contributed by atoms with Crippen LogP contribution in [-0.2, 0) is 6.61 Å². The highest BCUT2D eigenvalue weighted by atomic mass is 32.1. The lowest BCUT2D eigenvalue weighted by atomic mass is 10.2. The van der Waals surface area contributed by atoms with Crippen LogP contribution in [0.5, 0.6) is 5.75 Å². The molecule has 0 saturated carbocycles. The van der Waals surface area contributed by atoms with Crippen molar-refractivity contribution in [1.82, 2.24) is 5.32 Å². The van der Waals surface area contributed by atoms with Gasteiger partial charge in [-0.3, -0.25) is 4.79 Å². The molecule has 0 bridgehead atoms. The molecular formula is C16H19NO3S. The Labute approximate surface area is 128 Å². The van der Waals surface area contributed by atoms with Gasteiger partial charge in [-0.25, -0.2) is 0 Å². The zero-order valence-corrected chi connectivity index (χ0v) is 12.7. The number of ether oxygens (including phenoxy) is 1. The van der Waals surface area contributed by atoms with Gasteiger partial charge in [0.2, 0.25) is 0 Å². The van der Waals surface area contributed by atoms with Crippen LogP contribution in [0, 0.1) is 0 Å². The summed E-state index contributed by atoms with van der Waals surface area (Å²) in [5.74, 6) is 0.517. The van der Waals surface area contributed by atoms with Crippen molar-refractivity contribution in [3.8, 4) is 5.75 Å². The molecule has 5 heteroatoms. The quantitative estimate of drug-likeness (QED) is 0.827. The Hall–Kier alpha value is -1.85. The van der Waals surface area contributed by atoms with E-state index < -0.39 is 6.10 Å². The third-order valence-electron chi connectivity index (χ3n) is 2.91. The van der Waals surface area contributed by atoms with Crippen molar-refractivity contribution in [2.45, 2.75) is 26.1 Å². The number of nitrogens with one attached hydrogen (secondary N) is 1. The molecule has 0 aliphatic rings. The number of carbonyl (C=O) groups excluding carboxylic acids is 1. The number of amides is 1. The number of carbonyl (C=O) groups is 1. The first-order chi connectivity index (χ1) is 10.1. The lowest BCUT2D eigenvalue weighted by Gasteiger charge is -2.09. The van der Waals surface area contributed by atoms with Gasteiger partial charge < -0.3 is 15.2 Å². The summed E-state index contributed by atoms with van der Waals surface area (Å²) in [7, 11) is 0. The van der Waals surface area contributed by atoms with Crippen molar-refractivity contribution in [2.75, 3.05) is 6.54 Å². The summed E-state index contributed by atoms with van der Waals surface area (Å²) >= 11 is 1.64. The second kappa shape index (κ2) is 7.81. The molecule has 112 valence electrons. The van der Waals surface area contributed by atoms with Gasteiger partial charge in [-0.1, -0.05) is 12.1 Å². The van der Waals surface area contributed by atoms with E-state index in [9.17, 15) is 9.90 Å². The number of thiophene rings is 1. The summed E-state index contributed by atoms with van der Waals surface area (Å²) < 4.78 is 5.67. The molecule has 4 nitrogen and oxygen atoms in total. The summed E-state index contributed by atoms with van der Waals surface area (Å²) in [6, 6.07) is 11.1. The lowest BCUT2D eigenvalue weighted by molar-refractivity contribution is 0.0945. The molecular weight excluding hydrogens is 286 g/mol. The van der Waals surface area contributed by atoms with E-state index in [1.54, 1.807) is 36.5 Å². The number of benzene rings is 1. The van der Waals surface area contributed by atoms with Crippen molar-refractivity contribution in [3.63, 3.8) is 0 Å². The molecule has 0 aliphatic carbocycles. The van der Waals surface area contributed by atoms with Crippen LogP contribution < -0.4 is 10.1 Å². The average Bonchev–Trinajstić information content (AvgIpc) is 2.98. The Balaban J connectivity index is 1.89. The number of aliphatic hydroxyl groups excluding tert-OH is 1. The van der Waals surface area contributed by atoms with Crippen LogP contribution in [0.1, 0.15) is 28.6 Å². The van der Waals surface area contributed by atoms with Crippen molar-refractivity contribution >= 4 is 17.2 Å². The van der Waals surface area contributed by atoms with E-state index in [1.807, 2.05) is 23.6 Å². The molecule has 0 saturated heterocycles. The van der Waals surface area contributed by atoms with E-state index in [2.05, 4.69) is 5.32 Å². The van der Waals surface area contributed by atoms with Gasteiger partial charge in [0.1, 0.15) is 12.4 Å². The number of aliphatic hydroxyl groups is 1. The fraction of sp³-hybridized carbons (Fsp3) is 0.312. The van der Waals surface area contributed by atoms with Crippen LogP contribution >= 0.6 is 11.3 Å². The van der Waals surface area contributed by atoms with Crippen LogP contribution in [0.3, 0.4) is 0 Å². The van der Waals surface area contributed by atoms with E-state index in [-0.39, 0.29) is 5.91 Å². The molecule has 1 aromatic heterocycles. The normalized spacial score (nSPS) is 11.9. The molecule has 2 aromatic rings. The summed E-state index contributed by atoms with van der Waals surface area (Å²) in [5.41, 5.74) is 0.560. The van der Waals surface area contributed by atoms with E-state index >= 15 is 0 Å². The molecule has 1 heterocycles. The zero-order valence-electron chi connectivity index (χ0n) is 11.9. The Bertz CT molecular complexity index is 567. The van der Waals surface area contributed by atoms with Crippen molar-refractivity contribution < 1.29 is 14.6 Å². The highest BCUT2D eigenvalue weighted by Gasteiger charge is 2.07. The predicted octanol–water partition coefficient (Wildman–Crippen LogP) is 2.83. The first-order valence-electron chi connectivity index (χ1n) is 6.86. The molecule has 0 aliphatic heterocycles. The summed E-state index contributed by atoms with van der Waals surface area (Å²) in [6.07, 6.45) is 0.131. The van der Waals surface area contributed by atoms with Crippen molar-refractivity contribution in [1.29, 1.82) is 0 Å². The molecule has 1 unspecified atom stereocenters. The molecule has 2 N–H and O–H groups in total. The Morgan fingerprint density at radius 1 is 1.38 bits per heavy atom. The van der Waals surface area contributed by atoms with Crippen molar-refractivity contribution in [2.24, 2.45) is 0 Å². The standard InChI is InChI=1S/C16H19NO3S/c1-12(18)7-8-17-16(19)13-4-2-5-14(10-13)20-11-15-6-3-9-21-15/h2-6,9-10,12,18H,7-8,11H2,1H3,(H,17,19). The maximum atomic E-state index is 12.0. The van der Waals surface area contributed by atoms with Gasteiger partial charge in [0.15, 0.2) is 0 Å².